The van der Waals surface area contributed by atoms with Gasteiger partial charge in [0.25, 0.3) is 0 Å². The van der Waals surface area contributed by atoms with Crippen molar-refractivity contribution in [3.8, 4) is 11.3 Å². The third-order valence-corrected chi connectivity index (χ3v) is 5.29. The largest absolute Gasteiger partial charge is 0.301 e. The molecule has 5 heteroatoms. The first kappa shape index (κ1) is 16.7. The maximum atomic E-state index is 12.1. The Bertz CT molecular complexity index is 844. The molecule has 1 amide bonds. The van der Waals surface area contributed by atoms with E-state index < -0.39 is 0 Å². The normalized spacial score (nSPS) is 10.6. The summed E-state index contributed by atoms with van der Waals surface area (Å²) in [4.78, 5) is 17.7. The molecule has 2 aromatic carbocycles. The number of hydrogen-bond acceptors (Lipinski definition) is 4. The summed E-state index contributed by atoms with van der Waals surface area (Å²) in [5, 5.41) is 5.51. The van der Waals surface area contributed by atoms with Crippen molar-refractivity contribution in [1.29, 1.82) is 0 Å². The Balaban J connectivity index is 1.62. The molecule has 1 N–H and O–H groups in total. The molecule has 0 saturated heterocycles. The number of nitrogens with zero attached hydrogens (tertiary/aromatic N) is 1. The molecule has 3 rings (SSSR count). The van der Waals surface area contributed by atoms with E-state index in [4.69, 9.17) is 0 Å². The molecule has 0 aliphatic rings. The molecule has 3 nitrogen and oxygen atoms in total. The van der Waals surface area contributed by atoms with Gasteiger partial charge in [-0.2, -0.15) is 0 Å². The molecule has 0 atom stereocenters. The highest BCUT2D eigenvalue weighted by Gasteiger charge is 2.10. The summed E-state index contributed by atoms with van der Waals surface area (Å²) in [5.41, 5.74) is 4.44. The standard InChI is InChI=1S/C19H18N2OS2/c1-13-8-9-16(14(2)10-13)17-11-24-19(20-17)21-18(22)12-23-15-6-4-3-5-7-15/h3-11H,12H2,1-2H3,(H,20,21,22). The first-order chi connectivity index (χ1) is 11.6. The number of aryl methyl sites for hydroxylation is 2. The summed E-state index contributed by atoms with van der Waals surface area (Å²) in [5.74, 6) is 0.341. The van der Waals surface area contributed by atoms with Crippen LogP contribution in [0.1, 0.15) is 11.1 Å². The second-order valence-electron chi connectivity index (χ2n) is 5.51. The van der Waals surface area contributed by atoms with E-state index in [0.29, 0.717) is 10.9 Å². The molecular weight excluding hydrogens is 336 g/mol. The van der Waals surface area contributed by atoms with Gasteiger partial charge in [0, 0.05) is 15.8 Å². The maximum absolute atomic E-state index is 12.1. The van der Waals surface area contributed by atoms with E-state index in [1.54, 1.807) is 0 Å². The minimum atomic E-state index is -0.0367. The number of nitrogens with one attached hydrogen (secondary N) is 1. The van der Waals surface area contributed by atoms with Crippen LogP contribution in [0.2, 0.25) is 0 Å². The molecule has 0 fully saturated rings. The van der Waals surface area contributed by atoms with Gasteiger partial charge in [0.05, 0.1) is 11.4 Å². The predicted octanol–water partition coefficient (Wildman–Crippen LogP) is 5.16. The van der Waals surface area contributed by atoms with Crippen molar-refractivity contribution in [2.24, 2.45) is 0 Å². The average Bonchev–Trinajstić information content (AvgIpc) is 3.02. The number of thiazole rings is 1. The quantitative estimate of drug-likeness (QED) is 0.644. The number of benzene rings is 2. The van der Waals surface area contributed by atoms with Crippen LogP contribution in [0.15, 0.2) is 58.8 Å². The molecule has 24 heavy (non-hydrogen) atoms. The molecule has 0 saturated carbocycles. The Morgan fingerprint density at radius 1 is 1.17 bits per heavy atom. The third kappa shape index (κ3) is 4.24. The highest BCUT2D eigenvalue weighted by molar-refractivity contribution is 8.00. The summed E-state index contributed by atoms with van der Waals surface area (Å²) >= 11 is 2.97. The van der Waals surface area contributed by atoms with Crippen molar-refractivity contribution < 1.29 is 4.79 Å². The van der Waals surface area contributed by atoms with Crippen LogP contribution in [-0.2, 0) is 4.79 Å². The van der Waals surface area contributed by atoms with Gasteiger partial charge in [-0.05, 0) is 31.5 Å². The van der Waals surface area contributed by atoms with Gasteiger partial charge in [0.1, 0.15) is 0 Å². The average molecular weight is 355 g/mol. The third-order valence-electron chi connectivity index (χ3n) is 3.52. The van der Waals surface area contributed by atoms with Crippen molar-refractivity contribution in [3.05, 3.63) is 65.0 Å². The summed E-state index contributed by atoms with van der Waals surface area (Å²) in [6.45, 7) is 4.16. The van der Waals surface area contributed by atoms with Crippen molar-refractivity contribution in [1.82, 2.24) is 4.98 Å². The first-order valence-electron chi connectivity index (χ1n) is 7.62. The Morgan fingerprint density at radius 2 is 1.96 bits per heavy atom. The van der Waals surface area contributed by atoms with Gasteiger partial charge >= 0.3 is 0 Å². The Morgan fingerprint density at radius 3 is 2.71 bits per heavy atom. The number of carbonyl (C=O) groups excluding carboxylic acids is 1. The van der Waals surface area contributed by atoms with Crippen LogP contribution in [0, 0.1) is 13.8 Å². The number of carbonyl (C=O) groups is 1. The van der Waals surface area contributed by atoms with E-state index in [-0.39, 0.29) is 5.91 Å². The van der Waals surface area contributed by atoms with E-state index in [1.807, 2.05) is 35.7 Å². The molecule has 122 valence electrons. The zero-order chi connectivity index (χ0) is 16.9. The zero-order valence-corrected chi connectivity index (χ0v) is 15.2. The minimum absolute atomic E-state index is 0.0367. The van der Waals surface area contributed by atoms with Gasteiger partial charge in [0.2, 0.25) is 5.91 Å². The van der Waals surface area contributed by atoms with Crippen molar-refractivity contribution in [2.45, 2.75) is 18.7 Å². The van der Waals surface area contributed by atoms with Gasteiger partial charge in [-0.15, -0.1) is 23.1 Å². The molecule has 0 aliphatic heterocycles. The molecule has 0 spiro atoms. The summed E-state index contributed by atoms with van der Waals surface area (Å²) in [7, 11) is 0. The van der Waals surface area contributed by atoms with Crippen molar-refractivity contribution in [3.63, 3.8) is 0 Å². The van der Waals surface area contributed by atoms with Crippen LogP contribution in [0.4, 0.5) is 5.13 Å². The van der Waals surface area contributed by atoms with E-state index >= 15 is 0 Å². The zero-order valence-electron chi connectivity index (χ0n) is 13.6. The topological polar surface area (TPSA) is 42.0 Å². The Kier molecular flexibility index (Phi) is 5.33. The molecule has 3 aromatic rings. The number of rotatable bonds is 5. The van der Waals surface area contributed by atoms with Crippen LogP contribution < -0.4 is 5.32 Å². The summed E-state index contributed by atoms with van der Waals surface area (Å²) in [6, 6.07) is 16.2. The second kappa shape index (κ2) is 7.64. The highest BCUT2D eigenvalue weighted by atomic mass is 32.2. The number of hydrogen-bond donors (Lipinski definition) is 1. The fourth-order valence-corrected chi connectivity index (χ4v) is 3.82. The van der Waals surface area contributed by atoms with E-state index in [2.05, 4.69) is 42.3 Å². The molecule has 0 radical (unpaired) electrons. The van der Waals surface area contributed by atoms with Crippen LogP contribution in [-0.4, -0.2) is 16.6 Å². The molecule has 0 unspecified atom stereocenters. The Hall–Kier alpha value is -2.11. The van der Waals surface area contributed by atoms with Crippen LogP contribution >= 0.6 is 23.1 Å². The molecular formula is C19H18N2OS2. The molecule has 0 aliphatic carbocycles. The number of anilines is 1. The van der Waals surface area contributed by atoms with E-state index in [9.17, 15) is 4.79 Å². The molecule has 1 aromatic heterocycles. The summed E-state index contributed by atoms with van der Waals surface area (Å²) < 4.78 is 0. The van der Waals surface area contributed by atoms with Crippen molar-refractivity contribution in [2.75, 3.05) is 11.1 Å². The maximum Gasteiger partial charge on any atom is 0.236 e. The van der Waals surface area contributed by atoms with Gasteiger partial charge in [-0.3, -0.25) is 4.79 Å². The second-order valence-corrected chi connectivity index (χ2v) is 7.41. The van der Waals surface area contributed by atoms with Gasteiger partial charge in [-0.1, -0.05) is 42.0 Å². The SMILES string of the molecule is Cc1ccc(-c2csc(NC(=O)CSc3ccccc3)n2)c(C)c1. The van der Waals surface area contributed by atoms with Crippen molar-refractivity contribution >= 4 is 34.1 Å². The first-order valence-corrected chi connectivity index (χ1v) is 9.49. The predicted molar refractivity (Wildman–Crippen MR) is 103 cm³/mol. The molecule has 0 bridgehead atoms. The Labute approximate surface area is 150 Å². The lowest BCUT2D eigenvalue weighted by atomic mass is 10.0. The number of aromatic nitrogens is 1. The van der Waals surface area contributed by atoms with Crippen LogP contribution in [0.5, 0.6) is 0 Å². The van der Waals surface area contributed by atoms with Crippen LogP contribution in [0.25, 0.3) is 11.3 Å². The van der Waals surface area contributed by atoms with Crippen LogP contribution in [0.3, 0.4) is 0 Å². The van der Waals surface area contributed by atoms with E-state index in [1.165, 1.54) is 34.2 Å². The smallest absolute Gasteiger partial charge is 0.236 e. The number of amides is 1. The number of thioether (sulfide) groups is 1. The van der Waals surface area contributed by atoms with Gasteiger partial charge in [0.15, 0.2) is 5.13 Å². The lowest BCUT2D eigenvalue weighted by Crippen LogP contribution is -2.13. The lowest BCUT2D eigenvalue weighted by Gasteiger charge is -2.04. The fraction of sp³-hybridized carbons (Fsp3) is 0.158. The van der Waals surface area contributed by atoms with E-state index in [0.717, 1.165) is 16.2 Å². The minimum Gasteiger partial charge on any atom is -0.301 e. The lowest BCUT2D eigenvalue weighted by molar-refractivity contribution is -0.113. The van der Waals surface area contributed by atoms with Gasteiger partial charge < -0.3 is 5.32 Å². The van der Waals surface area contributed by atoms with Gasteiger partial charge in [-0.25, -0.2) is 4.98 Å². The highest BCUT2D eigenvalue weighted by Crippen LogP contribution is 2.28. The molecule has 1 heterocycles. The fourth-order valence-electron chi connectivity index (χ4n) is 2.38. The monoisotopic (exact) mass is 354 g/mol. The summed E-state index contributed by atoms with van der Waals surface area (Å²) in [6.07, 6.45) is 0.